The standard InChI is InChI=1S/C11H15ClO3/c1-15-9(14)11-5-2-10(3-6-11,4-7-11)8(12)13/h2-7H2,1H3. The highest BCUT2D eigenvalue weighted by atomic mass is 35.5. The highest BCUT2D eigenvalue weighted by Crippen LogP contribution is 2.58. The van der Waals surface area contributed by atoms with Crippen LogP contribution >= 0.6 is 11.6 Å². The minimum absolute atomic E-state index is 0.113. The summed E-state index contributed by atoms with van der Waals surface area (Å²) in [6.07, 6.45) is 4.47. The Kier molecular flexibility index (Phi) is 2.53. The lowest BCUT2D eigenvalue weighted by Gasteiger charge is -2.49. The number of methoxy groups -OCH3 is 1. The van der Waals surface area contributed by atoms with Crippen molar-refractivity contribution in [3.63, 3.8) is 0 Å². The Morgan fingerprint density at radius 3 is 1.73 bits per heavy atom. The maximum Gasteiger partial charge on any atom is 0.311 e. The largest absolute Gasteiger partial charge is 0.469 e. The van der Waals surface area contributed by atoms with Crippen molar-refractivity contribution in [2.75, 3.05) is 7.11 Å². The van der Waals surface area contributed by atoms with Crippen LogP contribution < -0.4 is 0 Å². The van der Waals surface area contributed by atoms with Gasteiger partial charge in [0.2, 0.25) is 5.24 Å². The van der Waals surface area contributed by atoms with Crippen LogP contribution in [-0.4, -0.2) is 18.3 Å². The molecular weight excluding hydrogens is 216 g/mol. The number of hydrogen-bond donors (Lipinski definition) is 0. The van der Waals surface area contributed by atoms with Gasteiger partial charge in [-0.15, -0.1) is 0 Å². The Hall–Kier alpha value is -0.570. The fraction of sp³-hybridized carbons (Fsp3) is 0.818. The SMILES string of the molecule is COC(=O)C12CCC(C(=O)Cl)(CC1)CC2. The van der Waals surface area contributed by atoms with Crippen molar-refractivity contribution in [2.24, 2.45) is 10.8 Å². The van der Waals surface area contributed by atoms with Gasteiger partial charge in [-0.1, -0.05) is 0 Å². The molecule has 3 aliphatic rings. The molecule has 0 radical (unpaired) electrons. The summed E-state index contributed by atoms with van der Waals surface area (Å²) in [5, 5.41) is -0.222. The van der Waals surface area contributed by atoms with Gasteiger partial charge >= 0.3 is 5.97 Å². The maximum atomic E-state index is 11.7. The summed E-state index contributed by atoms with van der Waals surface area (Å²) >= 11 is 5.64. The zero-order valence-corrected chi connectivity index (χ0v) is 9.60. The Balaban J connectivity index is 2.17. The summed E-state index contributed by atoms with van der Waals surface area (Å²) < 4.78 is 4.85. The zero-order valence-electron chi connectivity index (χ0n) is 8.85. The monoisotopic (exact) mass is 230 g/mol. The number of fused-ring (bicyclic) bond motifs is 3. The predicted octanol–water partition coefficient (Wildman–Crippen LogP) is 2.27. The lowest BCUT2D eigenvalue weighted by molar-refractivity contribution is -0.164. The molecule has 3 nitrogen and oxygen atoms in total. The van der Waals surface area contributed by atoms with E-state index in [0.717, 1.165) is 38.5 Å². The van der Waals surface area contributed by atoms with Gasteiger partial charge in [0.25, 0.3) is 0 Å². The molecule has 0 aromatic rings. The minimum Gasteiger partial charge on any atom is -0.469 e. The molecule has 3 rings (SSSR count). The van der Waals surface area contributed by atoms with E-state index in [2.05, 4.69) is 0 Å². The Labute approximate surface area is 94.1 Å². The molecular formula is C11H15ClO3. The first kappa shape index (κ1) is 10.9. The van der Waals surface area contributed by atoms with Crippen molar-refractivity contribution < 1.29 is 14.3 Å². The second-order valence-electron chi connectivity index (χ2n) is 4.83. The number of hydrogen-bond acceptors (Lipinski definition) is 3. The molecule has 3 fully saturated rings. The van der Waals surface area contributed by atoms with Crippen molar-refractivity contribution in [2.45, 2.75) is 38.5 Å². The van der Waals surface area contributed by atoms with Crippen molar-refractivity contribution in [1.29, 1.82) is 0 Å². The third-order valence-corrected chi connectivity index (χ3v) is 4.68. The van der Waals surface area contributed by atoms with E-state index in [-0.39, 0.29) is 22.0 Å². The molecule has 0 heterocycles. The average molecular weight is 231 g/mol. The number of esters is 1. The summed E-state index contributed by atoms with van der Waals surface area (Å²) in [6, 6.07) is 0. The van der Waals surface area contributed by atoms with E-state index in [1.165, 1.54) is 7.11 Å². The van der Waals surface area contributed by atoms with Gasteiger partial charge in [-0.05, 0) is 50.1 Å². The summed E-state index contributed by atoms with van der Waals surface area (Å²) in [5.41, 5.74) is -0.653. The van der Waals surface area contributed by atoms with Crippen molar-refractivity contribution >= 4 is 22.8 Å². The maximum absolute atomic E-state index is 11.7. The first-order chi connectivity index (χ1) is 7.05. The van der Waals surface area contributed by atoms with Gasteiger partial charge in [0.05, 0.1) is 12.5 Å². The molecule has 0 spiro atoms. The van der Waals surface area contributed by atoms with Crippen LogP contribution in [0.5, 0.6) is 0 Å². The van der Waals surface area contributed by atoms with Gasteiger partial charge in [-0.2, -0.15) is 0 Å². The third-order valence-electron chi connectivity index (χ3n) is 4.28. The van der Waals surface area contributed by atoms with E-state index < -0.39 is 0 Å². The van der Waals surface area contributed by atoms with E-state index >= 15 is 0 Å². The molecule has 0 aromatic carbocycles. The van der Waals surface area contributed by atoms with Crippen LogP contribution in [0.25, 0.3) is 0 Å². The van der Waals surface area contributed by atoms with Gasteiger partial charge in [0.1, 0.15) is 0 Å². The van der Waals surface area contributed by atoms with Crippen LogP contribution in [0.3, 0.4) is 0 Å². The number of ether oxygens (including phenoxy) is 1. The van der Waals surface area contributed by atoms with E-state index in [0.29, 0.717) is 0 Å². The second-order valence-corrected chi connectivity index (χ2v) is 5.17. The van der Waals surface area contributed by atoms with Gasteiger partial charge in [0, 0.05) is 5.41 Å². The normalized spacial score (nSPS) is 38.8. The van der Waals surface area contributed by atoms with Gasteiger partial charge in [0.15, 0.2) is 0 Å². The lowest BCUT2D eigenvalue weighted by Crippen LogP contribution is -2.48. The molecule has 0 unspecified atom stereocenters. The molecule has 4 heteroatoms. The van der Waals surface area contributed by atoms with Crippen molar-refractivity contribution in [3.05, 3.63) is 0 Å². The third kappa shape index (κ3) is 1.48. The average Bonchev–Trinajstić information content (AvgIpc) is 2.30. The Morgan fingerprint density at radius 1 is 1.00 bits per heavy atom. The minimum atomic E-state index is -0.336. The van der Waals surface area contributed by atoms with Crippen LogP contribution in [0.4, 0.5) is 0 Å². The summed E-state index contributed by atoms with van der Waals surface area (Å²) in [7, 11) is 1.43. The fourth-order valence-electron chi connectivity index (χ4n) is 3.00. The number of carbonyl (C=O) groups is 2. The second kappa shape index (κ2) is 3.48. The topological polar surface area (TPSA) is 43.4 Å². The summed E-state index contributed by atoms with van der Waals surface area (Å²) in [6.45, 7) is 0. The number of rotatable bonds is 2. The van der Waals surface area contributed by atoms with Crippen LogP contribution in [-0.2, 0) is 14.3 Å². The molecule has 84 valence electrons. The molecule has 3 aliphatic carbocycles. The highest BCUT2D eigenvalue weighted by molar-refractivity contribution is 6.64. The summed E-state index contributed by atoms with van der Waals surface area (Å²) in [4.78, 5) is 23.0. The van der Waals surface area contributed by atoms with E-state index in [1.54, 1.807) is 0 Å². The van der Waals surface area contributed by atoms with Crippen LogP contribution in [0, 0.1) is 10.8 Å². The Bertz CT molecular complexity index is 286. The van der Waals surface area contributed by atoms with Crippen LogP contribution in [0.1, 0.15) is 38.5 Å². The van der Waals surface area contributed by atoms with Gasteiger partial charge < -0.3 is 4.74 Å². The van der Waals surface area contributed by atoms with E-state index in [9.17, 15) is 9.59 Å². The van der Waals surface area contributed by atoms with E-state index in [4.69, 9.17) is 16.3 Å². The first-order valence-corrected chi connectivity index (χ1v) is 5.71. The molecule has 3 saturated carbocycles. The molecule has 0 aliphatic heterocycles. The lowest BCUT2D eigenvalue weighted by atomic mass is 9.54. The number of halogens is 1. The molecule has 0 atom stereocenters. The molecule has 2 bridgehead atoms. The number of carbonyl (C=O) groups excluding carboxylic acids is 2. The fourth-order valence-corrected chi connectivity index (χ4v) is 3.29. The molecule has 0 aromatic heterocycles. The quantitative estimate of drug-likeness (QED) is 0.540. The molecule has 0 saturated heterocycles. The van der Waals surface area contributed by atoms with Gasteiger partial charge in [-0.3, -0.25) is 9.59 Å². The van der Waals surface area contributed by atoms with Gasteiger partial charge in [-0.25, -0.2) is 0 Å². The molecule has 0 amide bonds. The summed E-state index contributed by atoms with van der Waals surface area (Å²) in [5.74, 6) is -0.113. The zero-order chi connectivity index (χ0) is 11.1. The van der Waals surface area contributed by atoms with Crippen molar-refractivity contribution in [3.8, 4) is 0 Å². The highest BCUT2D eigenvalue weighted by Gasteiger charge is 2.55. The first-order valence-electron chi connectivity index (χ1n) is 5.33. The Morgan fingerprint density at radius 2 is 1.40 bits per heavy atom. The smallest absolute Gasteiger partial charge is 0.311 e. The molecule has 0 N–H and O–H groups in total. The van der Waals surface area contributed by atoms with Crippen molar-refractivity contribution in [1.82, 2.24) is 0 Å². The van der Waals surface area contributed by atoms with Crippen LogP contribution in [0.15, 0.2) is 0 Å². The van der Waals surface area contributed by atoms with Crippen LogP contribution in [0.2, 0.25) is 0 Å². The molecule has 15 heavy (non-hydrogen) atoms. The predicted molar refractivity (Wildman–Crippen MR) is 55.4 cm³/mol. The van der Waals surface area contributed by atoms with E-state index in [1.807, 2.05) is 0 Å².